The van der Waals surface area contributed by atoms with E-state index in [0.29, 0.717) is 13.1 Å². The van der Waals surface area contributed by atoms with Crippen molar-refractivity contribution in [2.75, 3.05) is 24.2 Å². The molecule has 0 N–H and O–H groups in total. The molecule has 0 spiro atoms. The smallest absolute Gasteiger partial charge is 0.257 e. The van der Waals surface area contributed by atoms with E-state index < -0.39 is 12.1 Å². The lowest BCUT2D eigenvalue weighted by Gasteiger charge is -2.45. The van der Waals surface area contributed by atoms with Crippen molar-refractivity contribution in [1.82, 2.24) is 9.88 Å². The highest BCUT2D eigenvalue weighted by molar-refractivity contribution is 7.98. The summed E-state index contributed by atoms with van der Waals surface area (Å²) in [5, 5.41) is 0. The minimum atomic E-state index is -1.44. The van der Waals surface area contributed by atoms with E-state index in [0.717, 1.165) is 10.7 Å². The molecule has 3 atom stereocenters. The third kappa shape index (κ3) is 3.48. The van der Waals surface area contributed by atoms with Crippen molar-refractivity contribution in [3.63, 3.8) is 0 Å². The second-order valence-electron chi connectivity index (χ2n) is 5.52. The van der Waals surface area contributed by atoms with Crippen molar-refractivity contribution in [3.05, 3.63) is 18.3 Å². The first-order chi connectivity index (χ1) is 9.93. The zero-order valence-electron chi connectivity index (χ0n) is 12.9. The Labute approximate surface area is 129 Å². The van der Waals surface area contributed by atoms with E-state index in [1.807, 2.05) is 38.4 Å². The number of piperazine rings is 1. The molecule has 21 heavy (non-hydrogen) atoms. The van der Waals surface area contributed by atoms with E-state index >= 15 is 0 Å². The minimum absolute atomic E-state index is 0.0264. The first-order valence-corrected chi connectivity index (χ1v) is 8.37. The summed E-state index contributed by atoms with van der Waals surface area (Å²) < 4.78 is 13.3. The molecule has 1 unspecified atom stereocenters. The molecule has 0 saturated carbocycles. The standard InChI is InChI=1S/C15H22FN3OS/c1-10-8-18(14-6-5-13(21-4)7-17-14)9-11(2)19(10)15(20)12(3)16/h5-7,10-12H,8-9H2,1-4H3/t10-,11+,12?. The Bertz CT molecular complexity index is 482. The molecular formula is C15H22FN3OS. The Morgan fingerprint density at radius 3 is 2.43 bits per heavy atom. The maximum Gasteiger partial charge on any atom is 0.257 e. The number of anilines is 1. The summed E-state index contributed by atoms with van der Waals surface area (Å²) in [4.78, 5) is 21.4. The molecule has 1 amide bonds. The van der Waals surface area contributed by atoms with Gasteiger partial charge in [0, 0.05) is 36.3 Å². The molecule has 2 rings (SSSR count). The second-order valence-corrected chi connectivity index (χ2v) is 6.40. The van der Waals surface area contributed by atoms with Gasteiger partial charge in [0.1, 0.15) is 5.82 Å². The van der Waals surface area contributed by atoms with E-state index in [4.69, 9.17) is 0 Å². The number of hydrogen-bond acceptors (Lipinski definition) is 4. The highest BCUT2D eigenvalue weighted by atomic mass is 32.2. The molecule has 0 radical (unpaired) electrons. The van der Waals surface area contributed by atoms with Gasteiger partial charge in [-0.25, -0.2) is 9.37 Å². The van der Waals surface area contributed by atoms with Gasteiger partial charge in [-0.2, -0.15) is 0 Å². The normalized spacial score (nSPS) is 24.0. The van der Waals surface area contributed by atoms with Crippen LogP contribution in [0.15, 0.2) is 23.2 Å². The highest BCUT2D eigenvalue weighted by Gasteiger charge is 2.35. The minimum Gasteiger partial charge on any atom is -0.353 e. The van der Waals surface area contributed by atoms with Gasteiger partial charge in [0.15, 0.2) is 6.17 Å². The molecule has 0 aromatic carbocycles. The molecule has 2 heterocycles. The van der Waals surface area contributed by atoms with E-state index in [1.54, 1.807) is 16.7 Å². The van der Waals surface area contributed by atoms with Crippen LogP contribution in [0.1, 0.15) is 20.8 Å². The topological polar surface area (TPSA) is 36.4 Å². The predicted octanol–water partition coefficient (Wildman–Crippen LogP) is 2.59. The maximum absolute atomic E-state index is 13.3. The lowest BCUT2D eigenvalue weighted by molar-refractivity contribution is -0.140. The van der Waals surface area contributed by atoms with Crippen LogP contribution in [0.25, 0.3) is 0 Å². The molecule has 0 aliphatic carbocycles. The summed E-state index contributed by atoms with van der Waals surface area (Å²) in [7, 11) is 0. The number of nitrogens with zero attached hydrogens (tertiary/aromatic N) is 3. The second kappa shape index (κ2) is 6.64. The molecule has 0 bridgehead atoms. The number of pyridine rings is 1. The summed E-state index contributed by atoms with van der Waals surface area (Å²) in [5.41, 5.74) is 0. The van der Waals surface area contributed by atoms with Crippen LogP contribution in [0.5, 0.6) is 0 Å². The molecule has 1 aromatic heterocycles. The maximum atomic E-state index is 13.3. The van der Waals surface area contributed by atoms with E-state index in [1.165, 1.54) is 6.92 Å². The van der Waals surface area contributed by atoms with E-state index in [2.05, 4.69) is 9.88 Å². The van der Waals surface area contributed by atoms with Crippen LogP contribution in [0.3, 0.4) is 0 Å². The molecule has 116 valence electrons. The van der Waals surface area contributed by atoms with Gasteiger partial charge < -0.3 is 9.80 Å². The lowest BCUT2D eigenvalue weighted by Crippen LogP contribution is -2.60. The summed E-state index contributed by atoms with van der Waals surface area (Å²) >= 11 is 1.66. The number of thioether (sulfide) groups is 1. The number of aromatic nitrogens is 1. The Balaban J connectivity index is 2.11. The van der Waals surface area contributed by atoms with Crippen LogP contribution in [0, 0.1) is 0 Å². The molecule has 1 aromatic rings. The van der Waals surface area contributed by atoms with Gasteiger partial charge in [0.25, 0.3) is 5.91 Å². The number of alkyl halides is 1. The largest absolute Gasteiger partial charge is 0.353 e. The Kier molecular flexibility index (Phi) is 5.08. The van der Waals surface area contributed by atoms with Gasteiger partial charge >= 0.3 is 0 Å². The zero-order chi connectivity index (χ0) is 15.6. The fraction of sp³-hybridized carbons (Fsp3) is 0.600. The first kappa shape index (κ1) is 16.1. The van der Waals surface area contributed by atoms with Gasteiger partial charge in [0.05, 0.1) is 0 Å². The van der Waals surface area contributed by atoms with Gasteiger partial charge in [-0.3, -0.25) is 4.79 Å². The fourth-order valence-corrected chi connectivity index (χ4v) is 3.19. The average Bonchev–Trinajstić information content (AvgIpc) is 2.46. The predicted molar refractivity (Wildman–Crippen MR) is 84.6 cm³/mol. The lowest BCUT2D eigenvalue weighted by atomic mass is 10.1. The van der Waals surface area contributed by atoms with E-state index in [-0.39, 0.29) is 12.1 Å². The molecular weight excluding hydrogens is 289 g/mol. The number of halogens is 1. The number of carbonyl (C=O) groups excluding carboxylic acids is 1. The number of hydrogen-bond donors (Lipinski definition) is 0. The molecule has 1 saturated heterocycles. The van der Waals surface area contributed by atoms with Crippen LogP contribution < -0.4 is 4.90 Å². The summed E-state index contributed by atoms with van der Waals surface area (Å²) in [5.74, 6) is 0.493. The molecule has 4 nitrogen and oxygen atoms in total. The molecule has 1 aliphatic heterocycles. The van der Waals surface area contributed by atoms with Crippen molar-refractivity contribution in [2.45, 2.75) is 43.9 Å². The van der Waals surface area contributed by atoms with Crippen molar-refractivity contribution in [1.29, 1.82) is 0 Å². The number of amides is 1. The monoisotopic (exact) mass is 311 g/mol. The molecule has 6 heteroatoms. The van der Waals surface area contributed by atoms with Crippen molar-refractivity contribution in [3.8, 4) is 0 Å². The van der Waals surface area contributed by atoms with Gasteiger partial charge in [-0.1, -0.05) is 0 Å². The zero-order valence-corrected chi connectivity index (χ0v) is 13.7. The third-order valence-electron chi connectivity index (χ3n) is 3.79. The average molecular weight is 311 g/mol. The summed E-state index contributed by atoms with van der Waals surface area (Å²) in [6, 6.07) is 3.99. The SMILES string of the molecule is CSc1ccc(N2C[C@@H](C)N(C(=O)C(C)F)[C@@H](C)C2)nc1. The van der Waals surface area contributed by atoms with Crippen LogP contribution in [-0.4, -0.2) is 53.4 Å². The van der Waals surface area contributed by atoms with E-state index in [9.17, 15) is 9.18 Å². The number of carbonyl (C=O) groups is 1. The summed E-state index contributed by atoms with van der Waals surface area (Å²) in [6.07, 6.45) is 2.43. The van der Waals surface area contributed by atoms with Crippen molar-refractivity contribution < 1.29 is 9.18 Å². The quantitative estimate of drug-likeness (QED) is 0.804. The van der Waals surface area contributed by atoms with Crippen molar-refractivity contribution in [2.24, 2.45) is 0 Å². The summed E-state index contributed by atoms with van der Waals surface area (Å²) in [6.45, 7) is 6.57. The highest BCUT2D eigenvalue weighted by Crippen LogP contribution is 2.23. The number of rotatable bonds is 3. The van der Waals surface area contributed by atoms with Crippen LogP contribution in [0.2, 0.25) is 0 Å². The van der Waals surface area contributed by atoms with Gasteiger partial charge in [-0.05, 0) is 39.2 Å². The molecule has 1 aliphatic rings. The van der Waals surface area contributed by atoms with Crippen LogP contribution in [-0.2, 0) is 4.79 Å². The van der Waals surface area contributed by atoms with Crippen molar-refractivity contribution >= 4 is 23.5 Å². The third-order valence-corrected chi connectivity index (χ3v) is 4.51. The van der Waals surface area contributed by atoms with Gasteiger partial charge in [0.2, 0.25) is 0 Å². The van der Waals surface area contributed by atoms with Crippen LogP contribution >= 0.6 is 11.8 Å². The Morgan fingerprint density at radius 1 is 1.38 bits per heavy atom. The van der Waals surface area contributed by atoms with Gasteiger partial charge in [-0.15, -0.1) is 11.8 Å². The fourth-order valence-electron chi connectivity index (χ4n) is 2.83. The Morgan fingerprint density at radius 2 is 2.00 bits per heavy atom. The first-order valence-electron chi connectivity index (χ1n) is 7.15. The van der Waals surface area contributed by atoms with Crippen LogP contribution in [0.4, 0.5) is 10.2 Å². The Hall–Kier alpha value is -1.30. The molecule has 1 fully saturated rings.